The van der Waals surface area contributed by atoms with Gasteiger partial charge in [0.2, 0.25) is 11.8 Å². The van der Waals surface area contributed by atoms with Gasteiger partial charge in [-0.1, -0.05) is 12.1 Å². The second-order valence-corrected chi connectivity index (χ2v) is 10.8. The SMILES string of the molecule is Cc1cnn2cc(-c3ccc(N4CCN(C(C)(C)C)CC4)cc3)nc(O[C@H](C)C3CNC(=O)C3)c12. The molecule has 2 fully saturated rings. The van der Waals surface area contributed by atoms with Crippen LogP contribution in [0, 0.1) is 12.8 Å². The maximum atomic E-state index is 11.7. The van der Waals surface area contributed by atoms with E-state index in [2.05, 4.69) is 65.3 Å². The number of fused-ring (bicyclic) bond motifs is 1. The van der Waals surface area contributed by atoms with Crippen LogP contribution in [0.5, 0.6) is 5.88 Å². The van der Waals surface area contributed by atoms with Crippen LogP contribution >= 0.6 is 0 Å². The lowest BCUT2D eigenvalue weighted by atomic mass is 10.0. The summed E-state index contributed by atoms with van der Waals surface area (Å²) in [5, 5.41) is 7.41. The van der Waals surface area contributed by atoms with Crippen LogP contribution in [0.15, 0.2) is 36.7 Å². The first-order valence-corrected chi connectivity index (χ1v) is 12.6. The average Bonchev–Trinajstić information content (AvgIpc) is 3.44. The van der Waals surface area contributed by atoms with Gasteiger partial charge in [-0.25, -0.2) is 9.50 Å². The van der Waals surface area contributed by atoms with E-state index in [0.717, 1.165) is 48.5 Å². The number of anilines is 1. The number of carbonyl (C=O) groups excluding carboxylic acids is 1. The highest BCUT2D eigenvalue weighted by molar-refractivity contribution is 5.78. The third-order valence-electron chi connectivity index (χ3n) is 7.37. The van der Waals surface area contributed by atoms with Crippen LogP contribution in [-0.2, 0) is 4.79 Å². The Labute approximate surface area is 207 Å². The van der Waals surface area contributed by atoms with Gasteiger partial charge < -0.3 is 15.0 Å². The van der Waals surface area contributed by atoms with Gasteiger partial charge >= 0.3 is 0 Å². The van der Waals surface area contributed by atoms with Crippen molar-refractivity contribution in [2.45, 2.75) is 52.7 Å². The van der Waals surface area contributed by atoms with Gasteiger partial charge in [0.1, 0.15) is 11.6 Å². The second-order valence-electron chi connectivity index (χ2n) is 10.8. The lowest BCUT2D eigenvalue weighted by Crippen LogP contribution is -2.53. The fraction of sp³-hybridized carbons (Fsp3) is 0.519. The molecule has 2 saturated heterocycles. The Hall–Kier alpha value is -3.13. The van der Waals surface area contributed by atoms with Crippen LogP contribution in [0.3, 0.4) is 0 Å². The van der Waals surface area contributed by atoms with Gasteiger partial charge in [-0.05, 0) is 46.8 Å². The van der Waals surface area contributed by atoms with Crippen LogP contribution in [0.25, 0.3) is 16.8 Å². The Kier molecular flexibility index (Phi) is 6.17. The zero-order valence-corrected chi connectivity index (χ0v) is 21.4. The van der Waals surface area contributed by atoms with Crippen LogP contribution in [-0.4, -0.2) is 69.8 Å². The van der Waals surface area contributed by atoms with E-state index in [4.69, 9.17) is 9.72 Å². The molecular formula is C27H36N6O2. The Morgan fingerprint density at radius 1 is 1.11 bits per heavy atom. The van der Waals surface area contributed by atoms with Crippen molar-refractivity contribution in [3.8, 4) is 17.1 Å². The fourth-order valence-electron chi connectivity index (χ4n) is 5.05. The minimum atomic E-state index is -0.135. The van der Waals surface area contributed by atoms with Crippen LogP contribution in [0.1, 0.15) is 39.7 Å². The predicted octanol–water partition coefficient (Wildman–Crippen LogP) is 3.53. The largest absolute Gasteiger partial charge is 0.473 e. The number of piperazine rings is 1. The van der Waals surface area contributed by atoms with Gasteiger partial charge in [0.15, 0.2) is 0 Å². The Bertz CT molecular complexity index is 1200. The standard InChI is InChI=1S/C27H36N6O2/c1-18-15-29-33-17-23(30-26(25(18)33)35-19(2)21-14-24(34)28-16-21)20-6-8-22(9-7-20)31-10-12-32(13-11-31)27(3,4)5/h6-9,15,17,19,21H,10-14,16H2,1-5H3,(H,28,34)/t19-,21?/m1/s1. The minimum Gasteiger partial charge on any atom is -0.473 e. The summed E-state index contributed by atoms with van der Waals surface area (Å²) in [7, 11) is 0. The van der Waals surface area contributed by atoms with E-state index in [9.17, 15) is 4.79 Å². The topological polar surface area (TPSA) is 75.0 Å². The fourth-order valence-corrected chi connectivity index (χ4v) is 5.05. The molecule has 2 atom stereocenters. The van der Waals surface area contributed by atoms with Gasteiger partial charge in [-0.15, -0.1) is 0 Å². The lowest BCUT2D eigenvalue weighted by molar-refractivity contribution is -0.119. The van der Waals surface area contributed by atoms with E-state index < -0.39 is 0 Å². The summed E-state index contributed by atoms with van der Waals surface area (Å²) in [5.41, 5.74) is 5.16. The molecule has 4 heterocycles. The molecule has 1 aromatic carbocycles. The summed E-state index contributed by atoms with van der Waals surface area (Å²) < 4.78 is 8.19. The van der Waals surface area contributed by atoms with Gasteiger partial charge in [0.05, 0.1) is 18.1 Å². The van der Waals surface area contributed by atoms with E-state index in [-0.39, 0.29) is 23.5 Å². The number of aryl methyl sites for hydroxylation is 1. The molecule has 8 nitrogen and oxygen atoms in total. The van der Waals surface area contributed by atoms with Crippen molar-refractivity contribution in [2.75, 3.05) is 37.6 Å². The number of ether oxygens (including phenoxy) is 1. The zero-order chi connectivity index (χ0) is 24.7. The number of nitrogens with one attached hydrogen (secondary N) is 1. The van der Waals surface area contributed by atoms with Crippen LogP contribution in [0.4, 0.5) is 5.69 Å². The third kappa shape index (κ3) is 4.85. The molecule has 0 aliphatic carbocycles. The molecule has 2 aliphatic rings. The maximum Gasteiger partial charge on any atom is 0.241 e. The molecule has 0 spiro atoms. The molecule has 0 bridgehead atoms. The highest BCUT2D eigenvalue weighted by Gasteiger charge is 2.29. The van der Waals surface area contributed by atoms with Gasteiger partial charge in [0.25, 0.3) is 0 Å². The number of hydrogen-bond acceptors (Lipinski definition) is 6. The summed E-state index contributed by atoms with van der Waals surface area (Å²) in [5.74, 6) is 0.777. The van der Waals surface area contributed by atoms with Gasteiger partial charge in [-0.2, -0.15) is 5.10 Å². The molecule has 3 aromatic rings. The highest BCUT2D eigenvalue weighted by Crippen LogP contribution is 2.30. The molecule has 186 valence electrons. The normalized spacial score (nSPS) is 20.3. The minimum absolute atomic E-state index is 0.0812. The summed E-state index contributed by atoms with van der Waals surface area (Å²) in [6.45, 7) is 15.7. The van der Waals surface area contributed by atoms with Crippen molar-refractivity contribution >= 4 is 17.1 Å². The van der Waals surface area contributed by atoms with E-state index >= 15 is 0 Å². The summed E-state index contributed by atoms with van der Waals surface area (Å²) in [4.78, 5) is 21.6. The van der Waals surface area contributed by atoms with E-state index in [1.165, 1.54) is 5.69 Å². The molecule has 1 amide bonds. The summed E-state index contributed by atoms with van der Waals surface area (Å²) >= 11 is 0. The quantitative estimate of drug-likeness (QED) is 0.607. The number of hydrogen-bond donors (Lipinski definition) is 1. The molecule has 0 radical (unpaired) electrons. The second kappa shape index (κ2) is 9.15. The number of amides is 1. The molecular weight excluding hydrogens is 440 g/mol. The van der Waals surface area contributed by atoms with Gasteiger partial charge in [-0.3, -0.25) is 9.69 Å². The number of rotatable bonds is 5. The molecule has 1 N–H and O–H groups in total. The van der Waals surface area contributed by atoms with Crippen LogP contribution in [0.2, 0.25) is 0 Å². The Morgan fingerprint density at radius 3 is 2.46 bits per heavy atom. The first kappa shape index (κ1) is 23.6. The van der Waals surface area contributed by atoms with Crippen molar-refractivity contribution in [3.63, 3.8) is 0 Å². The summed E-state index contributed by atoms with van der Waals surface area (Å²) in [6.07, 6.45) is 4.14. The highest BCUT2D eigenvalue weighted by atomic mass is 16.5. The molecule has 0 saturated carbocycles. The molecule has 2 aromatic heterocycles. The van der Waals surface area contributed by atoms with Crippen molar-refractivity contribution < 1.29 is 9.53 Å². The Balaban J connectivity index is 1.36. The molecule has 1 unspecified atom stereocenters. The zero-order valence-electron chi connectivity index (χ0n) is 21.4. The molecule has 2 aliphatic heterocycles. The lowest BCUT2D eigenvalue weighted by Gasteiger charge is -2.43. The van der Waals surface area contributed by atoms with E-state index in [1.54, 1.807) is 0 Å². The van der Waals surface area contributed by atoms with Crippen molar-refractivity contribution in [1.82, 2.24) is 24.8 Å². The molecule has 5 rings (SSSR count). The molecule has 35 heavy (non-hydrogen) atoms. The maximum absolute atomic E-state index is 11.7. The van der Waals surface area contributed by atoms with E-state index in [0.29, 0.717) is 18.8 Å². The Morgan fingerprint density at radius 2 is 1.83 bits per heavy atom. The smallest absolute Gasteiger partial charge is 0.241 e. The van der Waals surface area contributed by atoms with Crippen LogP contribution < -0.4 is 15.0 Å². The number of benzene rings is 1. The monoisotopic (exact) mass is 476 g/mol. The number of nitrogens with zero attached hydrogens (tertiary/aromatic N) is 5. The molecule has 8 heteroatoms. The van der Waals surface area contributed by atoms with Crippen molar-refractivity contribution in [2.24, 2.45) is 5.92 Å². The summed E-state index contributed by atoms with van der Waals surface area (Å²) in [6, 6.07) is 8.62. The van der Waals surface area contributed by atoms with Gasteiger partial charge in [0, 0.05) is 67.4 Å². The van der Waals surface area contributed by atoms with Crippen molar-refractivity contribution in [3.05, 3.63) is 42.2 Å². The first-order chi connectivity index (χ1) is 16.7. The predicted molar refractivity (Wildman–Crippen MR) is 138 cm³/mol. The van der Waals surface area contributed by atoms with Crippen molar-refractivity contribution in [1.29, 1.82) is 0 Å². The first-order valence-electron chi connectivity index (χ1n) is 12.6. The third-order valence-corrected chi connectivity index (χ3v) is 7.37. The average molecular weight is 477 g/mol. The number of carbonyl (C=O) groups is 1. The van der Waals surface area contributed by atoms with E-state index in [1.807, 2.05) is 30.8 Å². The number of aromatic nitrogens is 3.